The lowest BCUT2D eigenvalue weighted by atomic mass is 10.2. The summed E-state index contributed by atoms with van der Waals surface area (Å²) in [5.41, 5.74) is 0. The molecule has 3 rings (SSSR count). The molecule has 0 saturated carbocycles. The molecule has 2 unspecified atom stereocenters. The molecule has 2 saturated heterocycles. The Kier molecular flexibility index (Phi) is 5.38. The van der Waals surface area contributed by atoms with Gasteiger partial charge in [0.2, 0.25) is 0 Å². The van der Waals surface area contributed by atoms with Crippen LogP contribution in [0.1, 0.15) is 38.5 Å². The molecule has 21 heavy (non-hydrogen) atoms. The van der Waals surface area contributed by atoms with Crippen molar-refractivity contribution in [3.05, 3.63) is 22.7 Å². The summed E-state index contributed by atoms with van der Waals surface area (Å²) < 4.78 is 23.9. The van der Waals surface area contributed by atoms with Gasteiger partial charge in [-0.15, -0.1) is 0 Å². The summed E-state index contributed by atoms with van der Waals surface area (Å²) in [7, 11) is 0. The third-order valence-corrected chi connectivity index (χ3v) is 4.11. The molecule has 0 radical (unpaired) electrons. The fourth-order valence-corrected chi connectivity index (χ4v) is 3.04. The van der Waals surface area contributed by atoms with Gasteiger partial charge in [0, 0.05) is 23.4 Å². The Balaban J connectivity index is 1.63. The maximum absolute atomic E-state index is 5.89. The number of benzene rings is 1. The van der Waals surface area contributed by atoms with Crippen LogP contribution in [-0.4, -0.2) is 25.8 Å². The number of halogens is 1. The van der Waals surface area contributed by atoms with E-state index in [0.29, 0.717) is 0 Å². The molecule has 2 aliphatic rings. The Hall–Kier alpha value is -0.780. The first-order valence-corrected chi connectivity index (χ1v) is 8.46. The first-order chi connectivity index (χ1) is 10.3. The summed E-state index contributed by atoms with van der Waals surface area (Å²) in [6.45, 7) is 1.55. The first kappa shape index (κ1) is 15.1. The van der Waals surface area contributed by atoms with Gasteiger partial charge in [0.1, 0.15) is 11.5 Å². The number of ether oxygens (including phenoxy) is 4. The SMILES string of the molecule is Brc1cc(OC2CCCCO2)cc(OC2CCCCO2)c1. The Bertz CT molecular complexity index is 415. The van der Waals surface area contributed by atoms with Crippen molar-refractivity contribution in [2.45, 2.75) is 51.1 Å². The molecular formula is C16H21BrO4. The molecule has 1 aromatic carbocycles. The molecule has 2 fully saturated rings. The van der Waals surface area contributed by atoms with Crippen LogP contribution >= 0.6 is 15.9 Å². The van der Waals surface area contributed by atoms with E-state index in [1.807, 2.05) is 18.2 Å². The summed E-state index contributed by atoms with van der Waals surface area (Å²) in [5, 5.41) is 0. The topological polar surface area (TPSA) is 36.9 Å². The average Bonchev–Trinajstić information content (AvgIpc) is 2.48. The lowest BCUT2D eigenvalue weighted by molar-refractivity contribution is -0.109. The van der Waals surface area contributed by atoms with Crippen LogP contribution < -0.4 is 9.47 Å². The standard InChI is InChI=1S/C16H21BrO4/c17-12-9-13(20-15-5-1-3-7-18-15)11-14(10-12)21-16-6-2-4-8-19-16/h9-11,15-16H,1-8H2. The van der Waals surface area contributed by atoms with Gasteiger partial charge in [-0.25, -0.2) is 0 Å². The Labute approximate surface area is 133 Å². The summed E-state index contributed by atoms with van der Waals surface area (Å²) in [4.78, 5) is 0. The maximum atomic E-state index is 5.89. The van der Waals surface area contributed by atoms with Crippen LogP contribution in [0.25, 0.3) is 0 Å². The quantitative estimate of drug-likeness (QED) is 0.807. The fraction of sp³-hybridized carbons (Fsp3) is 0.625. The highest BCUT2D eigenvalue weighted by Gasteiger charge is 2.18. The van der Waals surface area contributed by atoms with E-state index < -0.39 is 0 Å². The Morgan fingerprint density at radius 3 is 1.76 bits per heavy atom. The summed E-state index contributed by atoms with van der Waals surface area (Å²) in [5.74, 6) is 1.53. The normalized spacial score (nSPS) is 26.3. The van der Waals surface area contributed by atoms with Crippen molar-refractivity contribution in [1.29, 1.82) is 0 Å². The number of hydrogen-bond donors (Lipinski definition) is 0. The molecule has 0 aromatic heterocycles. The molecule has 0 amide bonds. The summed E-state index contributed by atoms with van der Waals surface area (Å²) in [6, 6.07) is 5.78. The lowest BCUT2D eigenvalue weighted by Gasteiger charge is -2.25. The molecule has 116 valence electrons. The molecule has 0 spiro atoms. The predicted molar refractivity (Wildman–Crippen MR) is 82.6 cm³/mol. The van der Waals surface area contributed by atoms with Crippen molar-refractivity contribution in [1.82, 2.24) is 0 Å². The third-order valence-electron chi connectivity index (χ3n) is 3.66. The highest BCUT2D eigenvalue weighted by Crippen LogP contribution is 2.30. The zero-order chi connectivity index (χ0) is 14.5. The van der Waals surface area contributed by atoms with Crippen molar-refractivity contribution in [2.24, 2.45) is 0 Å². The van der Waals surface area contributed by atoms with E-state index >= 15 is 0 Å². The van der Waals surface area contributed by atoms with E-state index in [2.05, 4.69) is 15.9 Å². The van der Waals surface area contributed by atoms with Crippen LogP contribution in [0.5, 0.6) is 11.5 Å². The zero-order valence-corrected chi connectivity index (χ0v) is 13.6. The average molecular weight is 357 g/mol. The van der Waals surface area contributed by atoms with E-state index in [-0.39, 0.29) is 12.6 Å². The summed E-state index contributed by atoms with van der Waals surface area (Å²) in [6.07, 6.45) is 6.12. The van der Waals surface area contributed by atoms with Gasteiger partial charge in [-0.05, 0) is 37.8 Å². The van der Waals surface area contributed by atoms with E-state index in [0.717, 1.165) is 67.7 Å². The van der Waals surface area contributed by atoms with Crippen molar-refractivity contribution in [3.8, 4) is 11.5 Å². The van der Waals surface area contributed by atoms with Crippen molar-refractivity contribution in [2.75, 3.05) is 13.2 Å². The van der Waals surface area contributed by atoms with Crippen molar-refractivity contribution >= 4 is 15.9 Å². The third kappa shape index (κ3) is 4.59. The number of hydrogen-bond acceptors (Lipinski definition) is 4. The minimum atomic E-state index is -0.146. The van der Waals surface area contributed by atoms with Gasteiger partial charge in [0.15, 0.2) is 12.6 Å². The second-order valence-corrected chi connectivity index (χ2v) is 6.37. The zero-order valence-electron chi connectivity index (χ0n) is 12.1. The monoisotopic (exact) mass is 356 g/mol. The van der Waals surface area contributed by atoms with E-state index in [1.54, 1.807) is 0 Å². The molecular weight excluding hydrogens is 336 g/mol. The second-order valence-electron chi connectivity index (χ2n) is 5.45. The molecule has 0 N–H and O–H groups in total. The minimum absolute atomic E-state index is 0.146. The van der Waals surface area contributed by atoms with Crippen molar-refractivity contribution < 1.29 is 18.9 Å². The first-order valence-electron chi connectivity index (χ1n) is 7.67. The predicted octanol–water partition coefficient (Wildman–Crippen LogP) is 4.26. The molecule has 1 aromatic rings. The largest absolute Gasteiger partial charge is 0.465 e. The lowest BCUT2D eigenvalue weighted by Crippen LogP contribution is -2.26. The van der Waals surface area contributed by atoms with Crippen LogP contribution in [0.3, 0.4) is 0 Å². The molecule has 4 nitrogen and oxygen atoms in total. The van der Waals surface area contributed by atoms with Crippen LogP contribution in [0, 0.1) is 0 Å². The van der Waals surface area contributed by atoms with Crippen LogP contribution in [0.4, 0.5) is 0 Å². The van der Waals surface area contributed by atoms with Crippen LogP contribution in [-0.2, 0) is 9.47 Å². The molecule has 0 aliphatic carbocycles. The van der Waals surface area contributed by atoms with Gasteiger partial charge in [-0.3, -0.25) is 0 Å². The number of rotatable bonds is 4. The smallest absolute Gasteiger partial charge is 0.199 e. The Morgan fingerprint density at radius 2 is 1.33 bits per heavy atom. The Morgan fingerprint density at radius 1 is 0.810 bits per heavy atom. The van der Waals surface area contributed by atoms with Gasteiger partial charge in [0.25, 0.3) is 0 Å². The van der Waals surface area contributed by atoms with Gasteiger partial charge in [0.05, 0.1) is 13.2 Å². The van der Waals surface area contributed by atoms with E-state index in [1.165, 1.54) is 0 Å². The van der Waals surface area contributed by atoms with E-state index in [9.17, 15) is 0 Å². The second kappa shape index (κ2) is 7.47. The molecule has 2 aliphatic heterocycles. The highest BCUT2D eigenvalue weighted by atomic mass is 79.9. The van der Waals surface area contributed by atoms with E-state index in [4.69, 9.17) is 18.9 Å². The van der Waals surface area contributed by atoms with Crippen LogP contribution in [0.2, 0.25) is 0 Å². The summed E-state index contributed by atoms with van der Waals surface area (Å²) >= 11 is 3.50. The molecule has 0 bridgehead atoms. The van der Waals surface area contributed by atoms with Gasteiger partial charge >= 0.3 is 0 Å². The minimum Gasteiger partial charge on any atom is -0.465 e. The molecule has 2 heterocycles. The maximum Gasteiger partial charge on any atom is 0.199 e. The molecule has 5 heteroatoms. The van der Waals surface area contributed by atoms with Gasteiger partial charge < -0.3 is 18.9 Å². The molecule has 2 atom stereocenters. The van der Waals surface area contributed by atoms with Gasteiger partial charge in [-0.1, -0.05) is 15.9 Å². The fourth-order valence-electron chi connectivity index (χ4n) is 2.58. The van der Waals surface area contributed by atoms with Crippen molar-refractivity contribution in [3.63, 3.8) is 0 Å². The van der Waals surface area contributed by atoms with Crippen LogP contribution in [0.15, 0.2) is 22.7 Å². The highest BCUT2D eigenvalue weighted by molar-refractivity contribution is 9.10. The van der Waals surface area contributed by atoms with Gasteiger partial charge in [-0.2, -0.15) is 0 Å².